The van der Waals surface area contributed by atoms with Crippen molar-refractivity contribution in [3.8, 4) is 11.3 Å². The maximum absolute atomic E-state index is 14.0. The lowest BCUT2D eigenvalue weighted by Crippen LogP contribution is -2.17. The highest BCUT2D eigenvalue weighted by Crippen LogP contribution is 2.34. The van der Waals surface area contributed by atoms with E-state index in [2.05, 4.69) is 25.3 Å². The van der Waals surface area contributed by atoms with Crippen LogP contribution in [0.1, 0.15) is 24.5 Å². The van der Waals surface area contributed by atoms with E-state index in [-0.39, 0.29) is 11.9 Å². The van der Waals surface area contributed by atoms with Crippen LogP contribution < -0.4 is 5.32 Å². The number of rotatable bonds is 4. The minimum atomic E-state index is -0.311. The van der Waals surface area contributed by atoms with Gasteiger partial charge in [0.15, 0.2) is 11.5 Å². The Morgan fingerprint density at radius 2 is 2.17 bits per heavy atom. The number of fused-ring (bicyclic) bond motifs is 2. The number of nitrogens with one attached hydrogen (secondary N) is 2. The SMILES string of the molecule is CC(Nc1ncnc2nc[nH]c12)c1nc2n(c1-c1cccc(F)c1)CN(Cl)C=C2. The number of aromatic nitrogens is 6. The summed E-state index contributed by atoms with van der Waals surface area (Å²) in [7, 11) is 0. The number of benzene rings is 1. The summed E-state index contributed by atoms with van der Waals surface area (Å²) >= 11 is 6.19. The van der Waals surface area contributed by atoms with Crippen LogP contribution in [0.2, 0.25) is 0 Å². The van der Waals surface area contributed by atoms with Gasteiger partial charge in [0.05, 0.1) is 23.8 Å². The normalized spacial score (nSPS) is 14.2. The van der Waals surface area contributed by atoms with Gasteiger partial charge in [0.2, 0.25) is 0 Å². The maximum Gasteiger partial charge on any atom is 0.182 e. The number of aromatic amines is 1. The molecule has 0 radical (unpaired) electrons. The second kappa shape index (κ2) is 6.85. The summed E-state index contributed by atoms with van der Waals surface area (Å²) in [6.45, 7) is 2.38. The molecule has 1 atom stereocenters. The zero-order valence-corrected chi connectivity index (χ0v) is 16.1. The van der Waals surface area contributed by atoms with E-state index in [0.29, 0.717) is 23.7 Å². The Morgan fingerprint density at radius 1 is 1.28 bits per heavy atom. The van der Waals surface area contributed by atoms with Crippen molar-refractivity contribution in [3.63, 3.8) is 0 Å². The summed E-state index contributed by atoms with van der Waals surface area (Å²) in [6, 6.07) is 6.22. The zero-order valence-electron chi connectivity index (χ0n) is 15.3. The number of nitrogens with zero attached hydrogens (tertiary/aromatic N) is 6. The molecule has 8 nitrogen and oxygen atoms in total. The van der Waals surface area contributed by atoms with Gasteiger partial charge in [-0.25, -0.2) is 24.3 Å². The molecular formula is C19H16ClFN8. The molecule has 3 aromatic heterocycles. The lowest BCUT2D eigenvalue weighted by atomic mass is 10.1. The Kier molecular flexibility index (Phi) is 4.17. The minimum absolute atomic E-state index is 0.232. The van der Waals surface area contributed by atoms with Gasteiger partial charge < -0.3 is 14.9 Å². The smallest absolute Gasteiger partial charge is 0.182 e. The monoisotopic (exact) mass is 410 g/mol. The zero-order chi connectivity index (χ0) is 20.0. The summed E-state index contributed by atoms with van der Waals surface area (Å²) in [6.07, 6.45) is 6.60. The second-order valence-electron chi connectivity index (χ2n) is 6.69. The summed E-state index contributed by atoms with van der Waals surface area (Å²) in [5, 5.41) is 3.37. The van der Waals surface area contributed by atoms with Gasteiger partial charge in [-0.05, 0) is 25.1 Å². The fraction of sp³-hybridized carbons (Fsp3) is 0.158. The molecule has 10 heteroatoms. The highest BCUT2D eigenvalue weighted by atomic mass is 35.5. The van der Waals surface area contributed by atoms with Crippen molar-refractivity contribution in [3.05, 3.63) is 60.5 Å². The third-order valence-electron chi connectivity index (χ3n) is 4.77. The summed E-state index contributed by atoms with van der Waals surface area (Å²) in [4.78, 5) is 20.5. The lowest BCUT2D eigenvalue weighted by molar-refractivity contribution is 0.463. The lowest BCUT2D eigenvalue weighted by Gasteiger charge is -2.20. The summed E-state index contributed by atoms with van der Waals surface area (Å²) in [5.41, 5.74) is 3.56. The van der Waals surface area contributed by atoms with Gasteiger partial charge in [0, 0.05) is 23.5 Å². The Hall–Kier alpha value is -3.46. The second-order valence-corrected chi connectivity index (χ2v) is 7.12. The highest BCUT2D eigenvalue weighted by Gasteiger charge is 2.25. The van der Waals surface area contributed by atoms with Crippen LogP contribution in [0, 0.1) is 5.82 Å². The third kappa shape index (κ3) is 3.09. The van der Waals surface area contributed by atoms with Crippen molar-refractivity contribution in [1.82, 2.24) is 33.9 Å². The van der Waals surface area contributed by atoms with E-state index < -0.39 is 0 Å². The number of hydrogen-bond acceptors (Lipinski definition) is 6. The molecule has 2 N–H and O–H groups in total. The van der Waals surface area contributed by atoms with E-state index in [9.17, 15) is 4.39 Å². The molecule has 1 aromatic carbocycles. The van der Waals surface area contributed by atoms with E-state index in [1.54, 1.807) is 18.6 Å². The topological polar surface area (TPSA) is 87.5 Å². The molecule has 4 heterocycles. The number of anilines is 1. The first kappa shape index (κ1) is 17.6. The molecule has 0 saturated heterocycles. The molecular weight excluding hydrogens is 395 g/mol. The van der Waals surface area contributed by atoms with Crippen LogP contribution in [0.5, 0.6) is 0 Å². The molecule has 29 heavy (non-hydrogen) atoms. The molecule has 146 valence electrons. The molecule has 0 saturated carbocycles. The van der Waals surface area contributed by atoms with Gasteiger partial charge in [-0.15, -0.1) is 0 Å². The van der Waals surface area contributed by atoms with Crippen LogP contribution in [0.15, 0.2) is 43.1 Å². The molecule has 5 rings (SSSR count). The number of H-pyrrole nitrogens is 1. The predicted octanol–water partition coefficient (Wildman–Crippen LogP) is 3.93. The Labute approximate surface area is 170 Å². The number of hydrogen-bond donors (Lipinski definition) is 2. The fourth-order valence-electron chi connectivity index (χ4n) is 3.48. The molecule has 0 aliphatic carbocycles. The number of halogens is 2. The Morgan fingerprint density at radius 3 is 3.03 bits per heavy atom. The van der Waals surface area contributed by atoms with Gasteiger partial charge >= 0.3 is 0 Å². The summed E-state index contributed by atoms with van der Waals surface area (Å²) < 4.78 is 17.4. The van der Waals surface area contributed by atoms with E-state index in [4.69, 9.17) is 16.8 Å². The fourth-order valence-corrected chi connectivity index (χ4v) is 3.64. The van der Waals surface area contributed by atoms with Crippen LogP contribution in [0.4, 0.5) is 10.2 Å². The van der Waals surface area contributed by atoms with Gasteiger partial charge in [-0.3, -0.25) is 4.42 Å². The van der Waals surface area contributed by atoms with Crippen LogP contribution in [-0.4, -0.2) is 33.9 Å². The van der Waals surface area contributed by atoms with E-state index in [0.717, 1.165) is 22.8 Å². The van der Waals surface area contributed by atoms with Crippen LogP contribution in [0.25, 0.3) is 28.5 Å². The van der Waals surface area contributed by atoms with Gasteiger partial charge in [-0.1, -0.05) is 12.1 Å². The Balaban J connectivity index is 1.61. The quantitative estimate of drug-likeness (QED) is 0.496. The molecule has 0 bridgehead atoms. The average molecular weight is 411 g/mol. The standard InChI is InChI=1S/C19H16ClFN8/c1-11(26-19-16-18(23-8-22-16)24-9-25-19)15-17(12-3-2-4-13(21)7-12)29-10-28(20)6-5-14(29)27-15/h2-9,11H,10H2,1H3,(H2,22,23,24,25,26). The van der Waals surface area contributed by atoms with Crippen molar-refractivity contribution >= 4 is 34.8 Å². The Bertz CT molecular complexity index is 1230. The molecule has 4 aromatic rings. The van der Waals surface area contributed by atoms with Crippen LogP contribution >= 0.6 is 11.8 Å². The van der Waals surface area contributed by atoms with Gasteiger partial charge in [0.25, 0.3) is 0 Å². The average Bonchev–Trinajstić information content (AvgIpc) is 3.33. The van der Waals surface area contributed by atoms with Crippen molar-refractivity contribution < 1.29 is 4.39 Å². The first-order valence-corrected chi connectivity index (χ1v) is 9.31. The first-order valence-electron chi connectivity index (χ1n) is 8.98. The maximum atomic E-state index is 14.0. The molecule has 1 unspecified atom stereocenters. The molecule has 1 aliphatic heterocycles. The molecule has 0 fully saturated rings. The van der Waals surface area contributed by atoms with Gasteiger partial charge in [-0.2, -0.15) is 0 Å². The van der Waals surface area contributed by atoms with Crippen LogP contribution in [0.3, 0.4) is 0 Å². The van der Waals surface area contributed by atoms with E-state index in [1.807, 2.05) is 23.6 Å². The first-order chi connectivity index (χ1) is 14.1. The molecule has 1 aliphatic rings. The molecule has 0 amide bonds. The molecule has 0 spiro atoms. The summed E-state index contributed by atoms with van der Waals surface area (Å²) in [5.74, 6) is 1.05. The third-order valence-corrected chi connectivity index (χ3v) is 4.99. The van der Waals surface area contributed by atoms with Crippen LogP contribution in [-0.2, 0) is 6.67 Å². The van der Waals surface area contributed by atoms with Crippen molar-refractivity contribution in [2.75, 3.05) is 5.32 Å². The predicted molar refractivity (Wildman–Crippen MR) is 108 cm³/mol. The minimum Gasteiger partial charge on any atom is -0.360 e. The van der Waals surface area contributed by atoms with E-state index in [1.165, 1.54) is 22.9 Å². The largest absolute Gasteiger partial charge is 0.360 e. The van der Waals surface area contributed by atoms with Crippen molar-refractivity contribution in [1.29, 1.82) is 0 Å². The highest BCUT2D eigenvalue weighted by molar-refractivity contribution is 6.14. The number of imidazole rings is 2. The van der Waals surface area contributed by atoms with Gasteiger partial charge in [0.1, 0.15) is 30.2 Å². The van der Waals surface area contributed by atoms with E-state index >= 15 is 0 Å². The van der Waals surface area contributed by atoms with Crippen molar-refractivity contribution in [2.24, 2.45) is 0 Å². The van der Waals surface area contributed by atoms with Crippen molar-refractivity contribution in [2.45, 2.75) is 19.6 Å².